The first-order valence-corrected chi connectivity index (χ1v) is 7.28. The molecule has 7 nitrogen and oxygen atoms in total. The summed E-state index contributed by atoms with van der Waals surface area (Å²) in [4.78, 5) is 22.6. The van der Waals surface area contributed by atoms with Gasteiger partial charge in [0, 0.05) is 12.7 Å². The van der Waals surface area contributed by atoms with Gasteiger partial charge in [-0.05, 0) is 25.4 Å². The third-order valence-corrected chi connectivity index (χ3v) is 3.07. The van der Waals surface area contributed by atoms with Crippen molar-refractivity contribution in [2.45, 2.75) is 25.9 Å². The molecular formula is C11H18N4O3S. The van der Waals surface area contributed by atoms with Crippen LogP contribution >= 0.6 is 11.8 Å². The molecule has 0 saturated heterocycles. The van der Waals surface area contributed by atoms with Gasteiger partial charge in [0.25, 0.3) is 0 Å². The predicted octanol–water partition coefficient (Wildman–Crippen LogP) is 1.23. The molecule has 0 spiro atoms. The van der Waals surface area contributed by atoms with E-state index in [1.165, 1.54) is 18.0 Å². The monoisotopic (exact) mass is 286 g/mol. The van der Waals surface area contributed by atoms with Crippen LogP contribution in [0.1, 0.15) is 13.3 Å². The van der Waals surface area contributed by atoms with Crippen LogP contribution in [0.2, 0.25) is 0 Å². The second-order valence-corrected chi connectivity index (χ2v) is 4.84. The molecule has 1 rings (SSSR count). The zero-order chi connectivity index (χ0) is 14.3. The number of nitrogens with zero attached hydrogens (tertiary/aromatic N) is 2. The number of carbonyl (C=O) groups excluding carboxylic acids is 1. The number of aromatic nitrogens is 2. The highest BCUT2D eigenvalue weighted by molar-refractivity contribution is 7.98. The predicted molar refractivity (Wildman–Crippen MR) is 74.5 cm³/mol. The van der Waals surface area contributed by atoms with Crippen LogP contribution in [-0.2, 0) is 11.3 Å². The van der Waals surface area contributed by atoms with Crippen molar-refractivity contribution < 1.29 is 14.7 Å². The first kappa shape index (κ1) is 15.4. The van der Waals surface area contributed by atoms with Gasteiger partial charge in [0.1, 0.15) is 6.04 Å². The lowest BCUT2D eigenvalue weighted by Crippen LogP contribution is -2.43. The van der Waals surface area contributed by atoms with Crippen LogP contribution in [-0.4, -0.2) is 44.9 Å². The molecule has 8 heteroatoms. The minimum Gasteiger partial charge on any atom is -0.480 e. The molecule has 1 aromatic rings. The molecule has 1 heterocycles. The Bertz CT molecular complexity index is 435. The second-order valence-electron chi connectivity index (χ2n) is 3.86. The quantitative estimate of drug-likeness (QED) is 0.700. The number of carbonyl (C=O) groups is 2. The molecule has 1 aromatic heterocycles. The van der Waals surface area contributed by atoms with E-state index in [9.17, 15) is 9.59 Å². The van der Waals surface area contributed by atoms with E-state index in [-0.39, 0.29) is 0 Å². The van der Waals surface area contributed by atoms with E-state index in [1.54, 1.807) is 10.9 Å². The number of amides is 2. The summed E-state index contributed by atoms with van der Waals surface area (Å²) in [6.07, 6.45) is 5.47. The van der Waals surface area contributed by atoms with Crippen molar-refractivity contribution in [3.05, 3.63) is 12.4 Å². The van der Waals surface area contributed by atoms with Crippen LogP contribution in [0.15, 0.2) is 12.4 Å². The highest BCUT2D eigenvalue weighted by Crippen LogP contribution is 2.05. The fourth-order valence-corrected chi connectivity index (χ4v) is 1.89. The van der Waals surface area contributed by atoms with Crippen LogP contribution in [0.5, 0.6) is 0 Å². The van der Waals surface area contributed by atoms with Crippen LogP contribution in [0.4, 0.5) is 10.5 Å². The average Bonchev–Trinajstić information content (AvgIpc) is 2.81. The minimum atomic E-state index is -1.03. The van der Waals surface area contributed by atoms with Crippen molar-refractivity contribution in [2.75, 3.05) is 17.3 Å². The molecule has 1 unspecified atom stereocenters. The van der Waals surface area contributed by atoms with Gasteiger partial charge >= 0.3 is 12.0 Å². The van der Waals surface area contributed by atoms with Crippen molar-refractivity contribution in [2.24, 2.45) is 0 Å². The summed E-state index contributed by atoms with van der Waals surface area (Å²) >= 11 is 1.54. The molecule has 19 heavy (non-hydrogen) atoms. The topological polar surface area (TPSA) is 96.2 Å². The number of rotatable bonds is 7. The summed E-state index contributed by atoms with van der Waals surface area (Å²) in [6.45, 7) is 2.63. The Morgan fingerprint density at radius 2 is 2.32 bits per heavy atom. The largest absolute Gasteiger partial charge is 0.480 e. The first-order chi connectivity index (χ1) is 9.06. The van der Waals surface area contributed by atoms with E-state index in [2.05, 4.69) is 15.7 Å². The lowest BCUT2D eigenvalue weighted by molar-refractivity contribution is -0.139. The SMILES string of the molecule is CCn1cc(NC(=O)NC(CCSC)C(=O)O)cn1. The molecule has 106 valence electrons. The Morgan fingerprint density at radius 1 is 1.58 bits per heavy atom. The molecule has 2 amide bonds. The van der Waals surface area contributed by atoms with Crippen LogP contribution in [0.25, 0.3) is 0 Å². The van der Waals surface area contributed by atoms with Gasteiger partial charge in [-0.3, -0.25) is 4.68 Å². The Kier molecular flexibility index (Phi) is 6.20. The van der Waals surface area contributed by atoms with Gasteiger partial charge in [-0.1, -0.05) is 0 Å². The smallest absolute Gasteiger partial charge is 0.326 e. The number of aliphatic carboxylic acids is 1. The number of urea groups is 1. The van der Waals surface area contributed by atoms with E-state index >= 15 is 0 Å². The van der Waals surface area contributed by atoms with Crippen molar-refractivity contribution in [3.8, 4) is 0 Å². The molecule has 3 N–H and O–H groups in total. The number of anilines is 1. The summed E-state index contributed by atoms with van der Waals surface area (Å²) in [5.41, 5.74) is 0.536. The van der Waals surface area contributed by atoms with Crippen molar-refractivity contribution >= 4 is 29.4 Å². The molecule has 1 atom stereocenters. The summed E-state index contributed by atoms with van der Waals surface area (Å²) in [5, 5.41) is 18.0. The van der Waals surface area contributed by atoms with Gasteiger partial charge in [0.2, 0.25) is 0 Å². The molecule has 0 aliphatic carbocycles. The van der Waals surface area contributed by atoms with Gasteiger partial charge in [-0.25, -0.2) is 9.59 Å². The van der Waals surface area contributed by atoms with Crippen molar-refractivity contribution in [1.29, 1.82) is 0 Å². The third-order valence-electron chi connectivity index (χ3n) is 2.43. The normalized spacial score (nSPS) is 11.9. The molecular weight excluding hydrogens is 268 g/mol. The number of thioether (sulfide) groups is 1. The zero-order valence-corrected chi connectivity index (χ0v) is 11.7. The Hall–Kier alpha value is -1.70. The Balaban J connectivity index is 2.49. The summed E-state index contributed by atoms with van der Waals surface area (Å²) in [6, 6.07) is -1.42. The van der Waals surface area contributed by atoms with Crippen LogP contribution in [0, 0.1) is 0 Å². The van der Waals surface area contributed by atoms with Gasteiger partial charge in [0.05, 0.1) is 11.9 Å². The van der Waals surface area contributed by atoms with E-state index in [0.717, 1.165) is 0 Å². The number of hydrogen-bond acceptors (Lipinski definition) is 4. The third kappa shape index (κ3) is 5.21. The number of nitrogens with one attached hydrogen (secondary N) is 2. The Morgan fingerprint density at radius 3 is 2.84 bits per heavy atom. The number of carboxylic acid groups (broad SMARTS) is 1. The van der Waals surface area contributed by atoms with Gasteiger partial charge in [0.15, 0.2) is 0 Å². The maximum Gasteiger partial charge on any atom is 0.326 e. The zero-order valence-electron chi connectivity index (χ0n) is 10.9. The molecule has 0 aromatic carbocycles. The number of carboxylic acids is 1. The molecule has 0 radical (unpaired) electrons. The summed E-state index contributed by atoms with van der Waals surface area (Å²) < 4.78 is 1.66. The van der Waals surface area contributed by atoms with Crippen molar-refractivity contribution in [3.63, 3.8) is 0 Å². The first-order valence-electron chi connectivity index (χ1n) is 5.88. The van der Waals surface area contributed by atoms with E-state index in [4.69, 9.17) is 5.11 Å². The van der Waals surface area contributed by atoms with Crippen LogP contribution < -0.4 is 10.6 Å². The average molecular weight is 286 g/mol. The standard InChI is InChI=1S/C11H18N4O3S/c1-3-15-7-8(6-12-15)13-11(18)14-9(10(16)17)4-5-19-2/h6-7,9H,3-5H2,1-2H3,(H,16,17)(H2,13,14,18). The second kappa shape index (κ2) is 7.67. The lowest BCUT2D eigenvalue weighted by Gasteiger charge is -2.13. The maximum atomic E-state index is 11.7. The highest BCUT2D eigenvalue weighted by atomic mass is 32.2. The Labute approximate surface area is 115 Å². The lowest BCUT2D eigenvalue weighted by atomic mass is 10.2. The molecule has 0 saturated carbocycles. The van der Waals surface area contributed by atoms with E-state index < -0.39 is 18.0 Å². The summed E-state index contributed by atoms with van der Waals surface area (Å²) in [5.74, 6) is -0.362. The number of hydrogen-bond donors (Lipinski definition) is 3. The fraction of sp³-hybridized carbons (Fsp3) is 0.545. The molecule has 0 aliphatic rings. The van der Waals surface area contributed by atoms with Gasteiger partial charge < -0.3 is 15.7 Å². The summed E-state index contributed by atoms with van der Waals surface area (Å²) in [7, 11) is 0. The maximum absolute atomic E-state index is 11.7. The van der Waals surface area contributed by atoms with Crippen LogP contribution in [0.3, 0.4) is 0 Å². The van der Waals surface area contributed by atoms with E-state index in [0.29, 0.717) is 24.4 Å². The van der Waals surface area contributed by atoms with Crippen molar-refractivity contribution in [1.82, 2.24) is 15.1 Å². The molecule has 0 bridgehead atoms. The van der Waals surface area contributed by atoms with Gasteiger partial charge in [-0.15, -0.1) is 0 Å². The number of aryl methyl sites for hydroxylation is 1. The molecule has 0 aliphatic heterocycles. The highest BCUT2D eigenvalue weighted by Gasteiger charge is 2.19. The van der Waals surface area contributed by atoms with E-state index in [1.807, 2.05) is 13.2 Å². The molecule has 0 fully saturated rings. The van der Waals surface area contributed by atoms with Gasteiger partial charge in [-0.2, -0.15) is 16.9 Å². The fourth-order valence-electron chi connectivity index (χ4n) is 1.42. The minimum absolute atomic E-state index is 0.387.